The highest BCUT2D eigenvalue weighted by Crippen LogP contribution is 2.28. The molecule has 0 fully saturated rings. The van der Waals surface area contributed by atoms with E-state index in [0.717, 1.165) is 43.7 Å². The molecule has 2 aromatic heterocycles. The van der Waals surface area contributed by atoms with Crippen LogP contribution in [0.5, 0.6) is 0 Å². The number of anilines is 1. The molecule has 7 heteroatoms. The number of imidazole rings is 1. The summed E-state index contributed by atoms with van der Waals surface area (Å²) < 4.78 is 1.81. The molecular formula is C21H21N5OS. The van der Waals surface area contributed by atoms with Crippen LogP contribution in [-0.2, 0) is 18.3 Å². The van der Waals surface area contributed by atoms with E-state index in [4.69, 9.17) is 0 Å². The van der Waals surface area contributed by atoms with Crippen molar-refractivity contribution >= 4 is 34.4 Å². The number of aromatic amines is 1. The Kier molecular flexibility index (Phi) is 4.92. The van der Waals surface area contributed by atoms with E-state index in [2.05, 4.69) is 20.4 Å². The molecule has 142 valence electrons. The number of aryl methyl sites for hydroxylation is 2. The number of nitrogens with one attached hydrogen (secondary N) is 2. The van der Waals surface area contributed by atoms with Crippen molar-refractivity contribution in [2.24, 2.45) is 7.05 Å². The molecule has 0 spiro atoms. The zero-order chi connectivity index (χ0) is 19.7. The molecule has 0 aliphatic heterocycles. The van der Waals surface area contributed by atoms with Crippen LogP contribution >= 0.6 is 11.8 Å². The Morgan fingerprint density at radius 3 is 2.57 bits per heavy atom. The van der Waals surface area contributed by atoms with E-state index in [1.165, 1.54) is 0 Å². The number of para-hydroxylation sites is 2. The lowest BCUT2D eigenvalue weighted by Gasteiger charge is -2.07. The van der Waals surface area contributed by atoms with E-state index >= 15 is 0 Å². The van der Waals surface area contributed by atoms with Gasteiger partial charge in [-0.15, -0.1) is 0 Å². The van der Waals surface area contributed by atoms with Gasteiger partial charge < -0.3 is 10.3 Å². The second kappa shape index (κ2) is 7.52. The maximum Gasteiger partial charge on any atom is 0.228 e. The molecule has 0 aliphatic carbocycles. The molecule has 2 heterocycles. The SMILES string of the molecule is Cc1nn(C)c(C)c1CC(=O)Nc1ccc(Sc2nc3ccccc3[nH]2)cc1. The molecule has 0 aliphatic rings. The summed E-state index contributed by atoms with van der Waals surface area (Å²) >= 11 is 1.56. The van der Waals surface area contributed by atoms with Crippen molar-refractivity contribution in [3.63, 3.8) is 0 Å². The normalized spacial score (nSPS) is 11.1. The standard InChI is InChI=1S/C21H21N5OS/c1-13-17(14(2)26(3)25-13)12-20(27)22-15-8-10-16(11-9-15)28-21-23-18-6-4-5-7-19(18)24-21/h4-11H,12H2,1-3H3,(H,22,27)(H,23,24). The van der Waals surface area contributed by atoms with Crippen molar-refractivity contribution in [3.05, 3.63) is 65.5 Å². The molecule has 1 amide bonds. The first-order chi connectivity index (χ1) is 13.5. The maximum absolute atomic E-state index is 12.4. The zero-order valence-electron chi connectivity index (χ0n) is 16.0. The van der Waals surface area contributed by atoms with Crippen LogP contribution < -0.4 is 5.32 Å². The fraction of sp³-hybridized carbons (Fsp3) is 0.190. The van der Waals surface area contributed by atoms with Gasteiger partial charge in [0, 0.05) is 28.9 Å². The number of amides is 1. The van der Waals surface area contributed by atoms with Gasteiger partial charge in [0.15, 0.2) is 5.16 Å². The summed E-state index contributed by atoms with van der Waals surface area (Å²) in [4.78, 5) is 21.3. The number of carbonyl (C=O) groups excluding carboxylic acids is 1. The molecule has 2 N–H and O–H groups in total. The first-order valence-electron chi connectivity index (χ1n) is 9.01. The van der Waals surface area contributed by atoms with Gasteiger partial charge in [0.25, 0.3) is 0 Å². The van der Waals surface area contributed by atoms with Crippen LogP contribution in [0.1, 0.15) is 17.0 Å². The lowest BCUT2D eigenvalue weighted by molar-refractivity contribution is -0.115. The van der Waals surface area contributed by atoms with Crippen LogP contribution in [0.4, 0.5) is 5.69 Å². The van der Waals surface area contributed by atoms with Gasteiger partial charge in [-0.1, -0.05) is 23.9 Å². The molecule has 28 heavy (non-hydrogen) atoms. The Morgan fingerprint density at radius 1 is 1.14 bits per heavy atom. The topological polar surface area (TPSA) is 75.6 Å². The lowest BCUT2D eigenvalue weighted by Crippen LogP contribution is -2.15. The minimum atomic E-state index is -0.0445. The summed E-state index contributed by atoms with van der Waals surface area (Å²) in [5, 5.41) is 8.17. The number of hydrogen-bond acceptors (Lipinski definition) is 4. The van der Waals surface area contributed by atoms with Gasteiger partial charge in [0.1, 0.15) is 0 Å². The van der Waals surface area contributed by atoms with Gasteiger partial charge in [-0.05, 0) is 50.2 Å². The Bertz CT molecular complexity index is 1110. The predicted octanol–water partition coefficient (Wildman–Crippen LogP) is 4.25. The monoisotopic (exact) mass is 391 g/mol. The molecule has 0 atom stereocenters. The van der Waals surface area contributed by atoms with Gasteiger partial charge >= 0.3 is 0 Å². The zero-order valence-corrected chi connectivity index (χ0v) is 16.8. The highest BCUT2D eigenvalue weighted by atomic mass is 32.2. The number of benzene rings is 2. The fourth-order valence-electron chi connectivity index (χ4n) is 3.13. The number of carbonyl (C=O) groups is 1. The second-order valence-corrected chi connectivity index (χ2v) is 7.75. The van der Waals surface area contributed by atoms with Crippen LogP contribution in [0.2, 0.25) is 0 Å². The molecular weight excluding hydrogens is 370 g/mol. The van der Waals surface area contributed by atoms with Crippen molar-refractivity contribution in [2.75, 3.05) is 5.32 Å². The molecule has 6 nitrogen and oxygen atoms in total. The third kappa shape index (κ3) is 3.80. The lowest BCUT2D eigenvalue weighted by atomic mass is 10.1. The Balaban J connectivity index is 1.40. The first kappa shape index (κ1) is 18.3. The van der Waals surface area contributed by atoms with Crippen molar-refractivity contribution in [2.45, 2.75) is 30.3 Å². The minimum Gasteiger partial charge on any atom is -0.333 e. The third-order valence-electron chi connectivity index (χ3n) is 4.72. The summed E-state index contributed by atoms with van der Waals surface area (Å²) in [6.45, 7) is 3.91. The Hall–Kier alpha value is -3.06. The van der Waals surface area contributed by atoms with Crippen LogP contribution in [0, 0.1) is 13.8 Å². The summed E-state index contributed by atoms with van der Waals surface area (Å²) in [5.41, 5.74) is 5.65. The van der Waals surface area contributed by atoms with Crippen LogP contribution in [0.3, 0.4) is 0 Å². The van der Waals surface area contributed by atoms with Crippen molar-refractivity contribution in [1.29, 1.82) is 0 Å². The van der Waals surface area contributed by atoms with E-state index < -0.39 is 0 Å². The average Bonchev–Trinajstić information content (AvgIpc) is 3.18. The van der Waals surface area contributed by atoms with Gasteiger partial charge in [0.05, 0.1) is 23.1 Å². The van der Waals surface area contributed by atoms with Crippen LogP contribution in [0.15, 0.2) is 58.6 Å². The minimum absolute atomic E-state index is 0.0445. The molecule has 4 aromatic rings. The molecule has 0 saturated heterocycles. The smallest absolute Gasteiger partial charge is 0.228 e. The number of hydrogen-bond donors (Lipinski definition) is 2. The molecule has 0 unspecified atom stereocenters. The number of rotatable bonds is 5. The second-order valence-electron chi connectivity index (χ2n) is 6.68. The number of H-pyrrole nitrogens is 1. The Labute approximate surface area is 167 Å². The van der Waals surface area contributed by atoms with Crippen molar-refractivity contribution in [1.82, 2.24) is 19.7 Å². The van der Waals surface area contributed by atoms with E-state index in [9.17, 15) is 4.79 Å². The Morgan fingerprint density at radius 2 is 1.89 bits per heavy atom. The van der Waals surface area contributed by atoms with Gasteiger partial charge in [-0.2, -0.15) is 5.10 Å². The first-order valence-corrected chi connectivity index (χ1v) is 9.83. The van der Waals surface area contributed by atoms with E-state index in [1.54, 1.807) is 11.8 Å². The van der Waals surface area contributed by atoms with E-state index in [0.29, 0.717) is 6.42 Å². The maximum atomic E-state index is 12.4. The molecule has 0 saturated carbocycles. The number of aromatic nitrogens is 4. The van der Waals surface area contributed by atoms with Gasteiger partial charge in [-0.3, -0.25) is 9.48 Å². The largest absolute Gasteiger partial charge is 0.333 e. The van der Waals surface area contributed by atoms with Crippen molar-refractivity contribution < 1.29 is 4.79 Å². The molecule has 2 aromatic carbocycles. The molecule has 0 bridgehead atoms. The fourth-order valence-corrected chi connectivity index (χ4v) is 3.94. The van der Waals surface area contributed by atoms with Crippen molar-refractivity contribution in [3.8, 4) is 0 Å². The summed E-state index contributed by atoms with van der Waals surface area (Å²) in [6, 6.07) is 15.7. The number of fused-ring (bicyclic) bond motifs is 1. The summed E-state index contributed by atoms with van der Waals surface area (Å²) in [7, 11) is 1.89. The number of nitrogens with zero attached hydrogens (tertiary/aromatic N) is 3. The van der Waals surface area contributed by atoms with Crippen LogP contribution in [-0.4, -0.2) is 25.7 Å². The van der Waals surface area contributed by atoms with Gasteiger partial charge in [0.2, 0.25) is 5.91 Å². The quantitative estimate of drug-likeness (QED) is 0.533. The highest BCUT2D eigenvalue weighted by Gasteiger charge is 2.13. The van der Waals surface area contributed by atoms with E-state index in [1.807, 2.05) is 74.1 Å². The summed E-state index contributed by atoms with van der Waals surface area (Å²) in [6.07, 6.45) is 0.320. The van der Waals surface area contributed by atoms with E-state index in [-0.39, 0.29) is 5.91 Å². The van der Waals surface area contributed by atoms with Gasteiger partial charge in [-0.25, -0.2) is 4.98 Å². The summed E-state index contributed by atoms with van der Waals surface area (Å²) in [5.74, 6) is -0.0445. The predicted molar refractivity (Wildman–Crippen MR) is 112 cm³/mol. The third-order valence-corrected chi connectivity index (χ3v) is 5.61. The molecule has 0 radical (unpaired) electrons. The average molecular weight is 392 g/mol. The highest BCUT2D eigenvalue weighted by molar-refractivity contribution is 7.99. The van der Waals surface area contributed by atoms with Crippen LogP contribution in [0.25, 0.3) is 11.0 Å². The molecule has 4 rings (SSSR count).